The van der Waals surface area contributed by atoms with E-state index in [0.717, 1.165) is 77.3 Å². The predicted octanol–water partition coefficient (Wildman–Crippen LogP) is 9.12. The summed E-state index contributed by atoms with van der Waals surface area (Å²) in [4.78, 5) is 15.0. The number of para-hydroxylation sites is 3. The summed E-state index contributed by atoms with van der Waals surface area (Å²) in [6, 6.07) is 47.9. The zero-order valence-electron chi connectivity index (χ0n) is 22.8. The summed E-state index contributed by atoms with van der Waals surface area (Å²) < 4.78 is 2.24. The molecule has 0 atom stereocenters. The van der Waals surface area contributed by atoms with Gasteiger partial charge in [-0.1, -0.05) is 108 Å². The maximum absolute atomic E-state index is 5.19. The van der Waals surface area contributed by atoms with E-state index in [4.69, 9.17) is 15.0 Å². The van der Waals surface area contributed by atoms with Crippen molar-refractivity contribution in [3.05, 3.63) is 140 Å². The normalized spacial score (nSPS) is 11.5. The van der Waals surface area contributed by atoms with Crippen LogP contribution >= 0.6 is 0 Å². The molecule has 5 heteroatoms. The monoisotopic (exact) mass is 729 g/mol. The smallest absolute Gasteiger partial charge is 0.656 e. The quantitative estimate of drug-likeness (QED) is 0.171. The topological polar surface area (TPSA) is 44.8 Å². The van der Waals surface area contributed by atoms with Crippen molar-refractivity contribution in [2.24, 2.45) is 0 Å². The van der Waals surface area contributed by atoms with Crippen molar-refractivity contribution in [3.8, 4) is 28.2 Å². The van der Waals surface area contributed by atoms with Gasteiger partial charge in [0.1, 0.15) is 5.65 Å². The zero-order valence-corrected chi connectivity index (χ0v) is 25.1. The molecule has 0 unspecified atom stereocenters. The minimum atomic E-state index is 0. The molecule has 4 nitrogen and oxygen atoms in total. The number of benzene rings is 5. The molecule has 0 bridgehead atoms. The minimum absolute atomic E-state index is 0. The molecule has 204 valence electrons. The molecular formula is C38H22N4Pt. The van der Waals surface area contributed by atoms with Crippen molar-refractivity contribution in [3.63, 3.8) is 0 Å². The van der Waals surface area contributed by atoms with Gasteiger partial charge in [0.15, 0.2) is 0 Å². The minimum Gasteiger partial charge on any atom is -0.656 e. The van der Waals surface area contributed by atoms with Gasteiger partial charge in [-0.15, -0.1) is 28.7 Å². The Labute approximate surface area is 261 Å². The van der Waals surface area contributed by atoms with Gasteiger partial charge in [0.05, 0.1) is 11.2 Å². The van der Waals surface area contributed by atoms with Gasteiger partial charge in [-0.25, -0.2) is 4.98 Å². The Morgan fingerprint density at radius 1 is 0.605 bits per heavy atom. The fourth-order valence-electron chi connectivity index (χ4n) is 6.30. The number of nitrogens with zero attached hydrogens (tertiary/aromatic N) is 4. The van der Waals surface area contributed by atoms with Gasteiger partial charge >= 0.3 is 21.1 Å². The van der Waals surface area contributed by atoms with E-state index < -0.39 is 0 Å². The fraction of sp³-hybridized carbons (Fsp3) is 0. The molecular weight excluding hydrogens is 708 g/mol. The molecule has 5 aromatic carbocycles. The Bertz CT molecular complexity index is 2430. The summed E-state index contributed by atoms with van der Waals surface area (Å²) in [5.41, 5.74) is 8.67. The van der Waals surface area contributed by atoms with Gasteiger partial charge in [0.2, 0.25) is 0 Å². The summed E-state index contributed by atoms with van der Waals surface area (Å²) in [6.07, 6.45) is 1.86. The van der Waals surface area contributed by atoms with Gasteiger partial charge in [0.25, 0.3) is 0 Å². The van der Waals surface area contributed by atoms with Crippen LogP contribution in [0.1, 0.15) is 0 Å². The molecule has 0 aliphatic rings. The summed E-state index contributed by atoms with van der Waals surface area (Å²) in [5, 5.41) is 6.85. The van der Waals surface area contributed by atoms with Crippen LogP contribution in [0.2, 0.25) is 0 Å². The summed E-state index contributed by atoms with van der Waals surface area (Å²) in [5.74, 6) is 0. The van der Waals surface area contributed by atoms with E-state index in [1.54, 1.807) is 0 Å². The molecule has 0 radical (unpaired) electrons. The molecule has 4 heterocycles. The van der Waals surface area contributed by atoms with Crippen LogP contribution in [0.25, 0.3) is 82.7 Å². The van der Waals surface area contributed by atoms with E-state index in [-0.39, 0.29) is 21.1 Å². The second-order valence-corrected chi connectivity index (χ2v) is 10.6. The van der Waals surface area contributed by atoms with E-state index in [1.165, 1.54) is 5.39 Å². The van der Waals surface area contributed by atoms with Gasteiger partial charge in [-0.3, -0.25) is 4.98 Å². The van der Waals surface area contributed by atoms with Crippen molar-refractivity contribution >= 4 is 54.5 Å². The Morgan fingerprint density at radius 2 is 1.33 bits per heavy atom. The predicted molar refractivity (Wildman–Crippen MR) is 172 cm³/mol. The number of aromatic nitrogens is 4. The second-order valence-electron chi connectivity index (χ2n) is 10.6. The molecule has 4 aromatic heterocycles. The molecule has 0 N–H and O–H groups in total. The third-order valence-electron chi connectivity index (χ3n) is 8.19. The average Bonchev–Trinajstić information content (AvgIpc) is 3.60. The maximum Gasteiger partial charge on any atom is 2.00 e. The molecule has 0 amide bonds. The molecule has 0 fully saturated rings. The molecule has 0 saturated carbocycles. The Hall–Kier alpha value is -5.05. The number of hydrogen-bond donors (Lipinski definition) is 0. The standard InChI is InChI=1S/C38H22N4.Pt/c1-2-11-26-24(10-1)22-25(23-36(26)42-35-20-6-4-13-28(35)30-16-9-21-39-38(30)42)32-18-8-19-34(40-32)31-15-7-14-29-27-12-3-5-17-33(27)41-37(29)31;/h1-22H;/q-2;+2. The van der Waals surface area contributed by atoms with E-state index in [1.807, 2.05) is 18.3 Å². The van der Waals surface area contributed by atoms with Crippen LogP contribution in [0.5, 0.6) is 0 Å². The largest absolute Gasteiger partial charge is 2.00 e. The summed E-state index contributed by atoms with van der Waals surface area (Å²) >= 11 is 0. The Kier molecular flexibility index (Phi) is 5.99. The molecule has 0 saturated heterocycles. The summed E-state index contributed by atoms with van der Waals surface area (Å²) in [7, 11) is 0. The van der Waals surface area contributed by atoms with Gasteiger partial charge in [0, 0.05) is 17.0 Å². The zero-order chi connectivity index (χ0) is 27.6. The number of hydrogen-bond acceptors (Lipinski definition) is 2. The van der Waals surface area contributed by atoms with Crippen molar-refractivity contribution in [1.82, 2.24) is 19.5 Å². The van der Waals surface area contributed by atoms with E-state index in [9.17, 15) is 0 Å². The molecule has 9 aromatic rings. The molecule has 9 rings (SSSR count). The molecule has 43 heavy (non-hydrogen) atoms. The number of rotatable bonds is 3. The summed E-state index contributed by atoms with van der Waals surface area (Å²) in [6.45, 7) is 0. The van der Waals surface area contributed by atoms with Crippen molar-refractivity contribution in [2.75, 3.05) is 0 Å². The van der Waals surface area contributed by atoms with Crippen LogP contribution in [-0.2, 0) is 21.1 Å². The van der Waals surface area contributed by atoms with Crippen LogP contribution in [0.15, 0.2) is 134 Å². The van der Waals surface area contributed by atoms with Gasteiger partial charge < -0.3 is 9.55 Å². The third kappa shape index (κ3) is 3.95. The van der Waals surface area contributed by atoms with Crippen molar-refractivity contribution in [2.45, 2.75) is 0 Å². The van der Waals surface area contributed by atoms with E-state index >= 15 is 0 Å². The van der Waals surface area contributed by atoms with E-state index in [2.05, 4.69) is 126 Å². The first-order valence-electron chi connectivity index (χ1n) is 14.0. The Balaban J connectivity index is 0.00000278. The number of fused-ring (bicyclic) bond motifs is 7. The van der Waals surface area contributed by atoms with Crippen molar-refractivity contribution in [1.29, 1.82) is 0 Å². The number of pyridine rings is 2. The third-order valence-corrected chi connectivity index (χ3v) is 8.19. The van der Waals surface area contributed by atoms with Crippen molar-refractivity contribution < 1.29 is 21.1 Å². The maximum atomic E-state index is 5.19. The fourth-order valence-corrected chi connectivity index (χ4v) is 6.30. The van der Waals surface area contributed by atoms with Crippen LogP contribution < -0.4 is 4.98 Å². The Morgan fingerprint density at radius 3 is 2.26 bits per heavy atom. The first-order valence-corrected chi connectivity index (χ1v) is 14.0. The van der Waals surface area contributed by atoms with Crippen LogP contribution in [-0.4, -0.2) is 14.5 Å². The first kappa shape index (κ1) is 25.6. The van der Waals surface area contributed by atoms with E-state index in [0.29, 0.717) is 0 Å². The second kappa shape index (κ2) is 10.0. The SMILES string of the molecule is [Pt+2].[c-]1c(-c2cccc(-c3cccc4c3[n-]c3ccccc34)n2)cc2ccccc2c1-n1c2ccccc2c2cccnc21. The molecule has 0 aliphatic heterocycles. The van der Waals surface area contributed by atoms with Crippen LogP contribution in [0, 0.1) is 6.07 Å². The van der Waals surface area contributed by atoms with Gasteiger partial charge in [-0.05, 0) is 52.0 Å². The average molecular weight is 730 g/mol. The molecule has 0 spiro atoms. The van der Waals surface area contributed by atoms with Crippen LogP contribution in [0.3, 0.4) is 0 Å². The van der Waals surface area contributed by atoms with Crippen LogP contribution in [0.4, 0.5) is 0 Å². The van der Waals surface area contributed by atoms with Gasteiger partial charge in [-0.2, -0.15) is 0 Å². The first-order chi connectivity index (χ1) is 20.8. The molecule has 0 aliphatic carbocycles.